The molecule has 2 atom stereocenters. The molecule has 0 bridgehead atoms. The first-order valence-electron chi connectivity index (χ1n) is 9.74. The smallest absolute Gasteiger partial charge is 0.325 e. The first-order chi connectivity index (χ1) is 14.8. The number of β-amino-alcohol motifs (C(OH)–C–C–N with tert-alkyl or cyclic N) is 1. The van der Waals surface area contributed by atoms with Gasteiger partial charge in [0.15, 0.2) is 17.3 Å². The Labute approximate surface area is 178 Å². The normalized spacial score (nSPS) is 20.5. The van der Waals surface area contributed by atoms with Gasteiger partial charge in [-0.15, -0.1) is 0 Å². The van der Waals surface area contributed by atoms with Crippen LogP contribution in [0.2, 0.25) is 0 Å². The van der Waals surface area contributed by atoms with Crippen LogP contribution in [0.1, 0.15) is 29.8 Å². The number of imide groups is 1. The van der Waals surface area contributed by atoms with E-state index in [-0.39, 0.29) is 25.7 Å². The average molecular weight is 426 g/mol. The number of aliphatic hydroxyl groups is 1. The van der Waals surface area contributed by atoms with Crippen LogP contribution in [0.3, 0.4) is 0 Å². The minimum Gasteiger partial charge on any atom is -0.491 e. The van der Waals surface area contributed by atoms with Crippen molar-refractivity contribution in [1.29, 1.82) is 0 Å². The van der Waals surface area contributed by atoms with Crippen molar-refractivity contribution in [3.63, 3.8) is 0 Å². The summed E-state index contributed by atoms with van der Waals surface area (Å²) in [7, 11) is 0. The van der Waals surface area contributed by atoms with E-state index >= 15 is 0 Å². The largest absolute Gasteiger partial charge is 0.491 e. The first kappa shape index (κ1) is 20.7. The standard InChI is InChI=1S/C22H22N2O7/c1-13(25)14-3-6-17(7-4-14)29-11-16(26)10-24-20(27)22(2,23-21(24)28)15-5-8-18-19(9-15)31-12-30-18/h3-9,16,26H,10-12H2,1-2H3,(H,23,28)/t16-,22-/m1/s1. The Morgan fingerprint density at radius 3 is 2.61 bits per heavy atom. The number of hydrogen-bond acceptors (Lipinski definition) is 7. The summed E-state index contributed by atoms with van der Waals surface area (Å²) < 4.78 is 16.1. The number of urea groups is 1. The molecule has 4 rings (SSSR count). The van der Waals surface area contributed by atoms with Crippen molar-refractivity contribution >= 4 is 17.7 Å². The van der Waals surface area contributed by atoms with E-state index < -0.39 is 23.6 Å². The lowest BCUT2D eigenvalue weighted by molar-refractivity contribution is -0.132. The maximum absolute atomic E-state index is 13.0. The monoisotopic (exact) mass is 426 g/mol. The van der Waals surface area contributed by atoms with Crippen molar-refractivity contribution in [2.24, 2.45) is 0 Å². The number of ether oxygens (including phenoxy) is 3. The fourth-order valence-corrected chi connectivity index (χ4v) is 3.51. The van der Waals surface area contributed by atoms with E-state index in [0.29, 0.717) is 28.4 Å². The van der Waals surface area contributed by atoms with E-state index in [1.807, 2.05) is 0 Å². The number of benzene rings is 2. The quantitative estimate of drug-likeness (QED) is 0.513. The summed E-state index contributed by atoms with van der Waals surface area (Å²) in [5, 5.41) is 13.0. The fraction of sp³-hybridized carbons (Fsp3) is 0.318. The van der Waals surface area contributed by atoms with E-state index in [4.69, 9.17) is 14.2 Å². The van der Waals surface area contributed by atoms with Gasteiger partial charge in [0.05, 0.1) is 6.54 Å². The Hall–Kier alpha value is -3.59. The molecule has 9 nitrogen and oxygen atoms in total. The number of amides is 3. The number of rotatable bonds is 7. The molecule has 2 aromatic carbocycles. The lowest BCUT2D eigenvalue weighted by Crippen LogP contribution is -2.42. The van der Waals surface area contributed by atoms with Crippen LogP contribution in [0.5, 0.6) is 17.2 Å². The highest BCUT2D eigenvalue weighted by atomic mass is 16.7. The predicted molar refractivity (Wildman–Crippen MR) is 108 cm³/mol. The first-order valence-corrected chi connectivity index (χ1v) is 9.74. The maximum Gasteiger partial charge on any atom is 0.325 e. The van der Waals surface area contributed by atoms with E-state index in [2.05, 4.69) is 5.32 Å². The molecule has 31 heavy (non-hydrogen) atoms. The molecule has 1 saturated heterocycles. The number of Topliss-reactive ketones (excluding diaryl/α,β-unsaturated/α-hetero) is 1. The fourth-order valence-electron chi connectivity index (χ4n) is 3.51. The van der Waals surface area contributed by atoms with Crippen molar-refractivity contribution in [2.75, 3.05) is 19.9 Å². The Kier molecular flexibility index (Phi) is 5.28. The number of nitrogens with zero attached hydrogens (tertiary/aromatic N) is 1. The highest BCUT2D eigenvalue weighted by molar-refractivity contribution is 6.07. The molecule has 2 N–H and O–H groups in total. The molecular weight excluding hydrogens is 404 g/mol. The molecule has 162 valence electrons. The number of fused-ring (bicyclic) bond motifs is 1. The zero-order chi connectivity index (χ0) is 22.2. The van der Waals surface area contributed by atoms with Crippen molar-refractivity contribution in [3.8, 4) is 17.2 Å². The lowest BCUT2D eigenvalue weighted by atomic mass is 9.91. The summed E-state index contributed by atoms with van der Waals surface area (Å²) in [6.07, 6.45) is -1.10. The number of aliphatic hydroxyl groups excluding tert-OH is 1. The van der Waals surface area contributed by atoms with E-state index in [9.17, 15) is 19.5 Å². The SMILES string of the molecule is CC(=O)c1ccc(OC[C@H](O)CN2C(=O)N[C@](C)(c3ccc4c(c3)OCO4)C2=O)cc1. The molecule has 1 fully saturated rings. The lowest BCUT2D eigenvalue weighted by Gasteiger charge is -2.23. The minimum atomic E-state index is -1.29. The van der Waals surface area contributed by atoms with Crippen molar-refractivity contribution < 1.29 is 33.7 Å². The molecular formula is C22H22N2O7. The second-order valence-electron chi connectivity index (χ2n) is 7.58. The zero-order valence-corrected chi connectivity index (χ0v) is 17.1. The summed E-state index contributed by atoms with van der Waals surface area (Å²) in [5.74, 6) is 0.997. The van der Waals surface area contributed by atoms with Crippen molar-refractivity contribution in [3.05, 3.63) is 53.6 Å². The Morgan fingerprint density at radius 1 is 1.19 bits per heavy atom. The molecule has 0 aromatic heterocycles. The van der Waals surface area contributed by atoms with Gasteiger partial charge in [-0.1, -0.05) is 6.07 Å². The summed E-state index contributed by atoms with van der Waals surface area (Å²) in [6.45, 7) is 2.82. The Morgan fingerprint density at radius 2 is 1.90 bits per heavy atom. The van der Waals surface area contributed by atoms with Gasteiger partial charge in [-0.2, -0.15) is 0 Å². The molecule has 0 spiro atoms. The zero-order valence-electron chi connectivity index (χ0n) is 17.1. The van der Waals surface area contributed by atoms with Crippen LogP contribution in [0, 0.1) is 0 Å². The highest BCUT2D eigenvalue weighted by Gasteiger charge is 2.49. The van der Waals surface area contributed by atoms with E-state index in [1.54, 1.807) is 49.4 Å². The number of nitrogens with one attached hydrogen (secondary N) is 1. The van der Waals surface area contributed by atoms with Gasteiger partial charge in [-0.25, -0.2) is 4.79 Å². The van der Waals surface area contributed by atoms with Gasteiger partial charge < -0.3 is 24.6 Å². The second kappa shape index (κ2) is 7.92. The van der Waals surface area contributed by atoms with Crippen LogP contribution in [-0.2, 0) is 10.3 Å². The van der Waals surface area contributed by atoms with Crippen LogP contribution < -0.4 is 19.5 Å². The highest BCUT2D eigenvalue weighted by Crippen LogP contribution is 2.37. The number of carbonyl (C=O) groups is 3. The molecule has 0 unspecified atom stereocenters. The number of hydrogen-bond donors (Lipinski definition) is 2. The van der Waals surface area contributed by atoms with Crippen LogP contribution in [0.15, 0.2) is 42.5 Å². The minimum absolute atomic E-state index is 0.0596. The average Bonchev–Trinajstić information content (AvgIpc) is 3.31. The third-order valence-corrected chi connectivity index (χ3v) is 5.32. The third-order valence-electron chi connectivity index (χ3n) is 5.32. The van der Waals surface area contributed by atoms with Gasteiger partial charge in [0, 0.05) is 5.56 Å². The van der Waals surface area contributed by atoms with Crippen LogP contribution in [-0.4, -0.2) is 53.8 Å². The van der Waals surface area contributed by atoms with Gasteiger partial charge in [-0.3, -0.25) is 14.5 Å². The number of ketones is 1. The van der Waals surface area contributed by atoms with Gasteiger partial charge in [-0.05, 0) is 55.8 Å². The maximum atomic E-state index is 13.0. The molecule has 0 radical (unpaired) electrons. The molecule has 3 amide bonds. The van der Waals surface area contributed by atoms with E-state index in [0.717, 1.165) is 4.90 Å². The molecule has 0 saturated carbocycles. The summed E-state index contributed by atoms with van der Waals surface area (Å²) in [6, 6.07) is 10.9. The van der Waals surface area contributed by atoms with Crippen LogP contribution in [0.4, 0.5) is 4.79 Å². The topological polar surface area (TPSA) is 114 Å². The predicted octanol–water partition coefficient (Wildman–Crippen LogP) is 1.82. The summed E-state index contributed by atoms with van der Waals surface area (Å²) >= 11 is 0. The molecule has 2 aliphatic rings. The molecule has 2 heterocycles. The molecule has 2 aliphatic heterocycles. The third kappa shape index (κ3) is 3.91. The van der Waals surface area contributed by atoms with Gasteiger partial charge in [0.2, 0.25) is 6.79 Å². The Balaban J connectivity index is 1.40. The molecule has 9 heteroatoms. The molecule has 0 aliphatic carbocycles. The summed E-state index contributed by atoms with van der Waals surface area (Å²) in [5.41, 5.74) is -0.190. The van der Waals surface area contributed by atoms with Crippen LogP contribution >= 0.6 is 0 Å². The second-order valence-corrected chi connectivity index (χ2v) is 7.58. The number of carbonyl (C=O) groups excluding carboxylic acids is 3. The van der Waals surface area contributed by atoms with Gasteiger partial charge in [0.25, 0.3) is 5.91 Å². The van der Waals surface area contributed by atoms with Crippen molar-refractivity contribution in [2.45, 2.75) is 25.5 Å². The van der Waals surface area contributed by atoms with Gasteiger partial charge >= 0.3 is 6.03 Å². The molecule has 2 aromatic rings. The Bertz CT molecular complexity index is 1040. The van der Waals surface area contributed by atoms with Crippen molar-refractivity contribution in [1.82, 2.24) is 10.2 Å². The van der Waals surface area contributed by atoms with Gasteiger partial charge in [0.1, 0.15) is 24.0 Å². The van der Waals surface area contributed by atoms with E-state index in [1.165, 1.54) is 6.92 Å². The van der Waals surface area contributed by atoms with Crippen LogP contribution in [0.25, 0.3) is 0 Å². The summed E-state index contributed by atoms with van der Waals surface area (Å²) in [4.78, 5) is 37.8.